The van der Waals surface area contributed by atoms with E-state index in [0.717, 1.165) is 102 Å². The van der Waals surface area contributed by atoms with Crippen LogP contribution in [-0.4, -0.2) is 17.3 Å². The monoisotopic (exact) mass is 556 g/mol. The molecule has 230 valence electrons. The molecule has 4 aliphatic carbocycles. The normalized spacial score (nSPS) is 28.7. The Labute approximate surface area is 247 Å². The lowest BCUT2D eigenvalue weighted by Gasteiger charge is -2.67. The summed E-state index contributed by atoms with van der Waals surface area (Å²) in [5.41, 5.74) is 1.46. The molecule has 40 heavy (non-hydrogen) atoms. The average molecular weight is 557 g/mol. The molecule has 0 aliphatic heterocycles. The van der Waals surface area contributed by atoms with E-state index in [9.17, 15) is 14.4 Å². The molecule has 0 spiro atoms. The van der Waals surface area contributed by atoms with Crippen molar-refractivity contribution < 1.29 is 14.4 Å². The van der Waals surface area contributed by atoms with Crippen LogP contribution >= 0.6 is 0 Å². The summed E-state index contributed by atoms with van der Waals surface area (Å²) < 4.78 is 0. The van der Waals surface area contributed by atoms with Gasteiger partial charge in [0.2, 0.25) is 0 Å². The maximum atomic E-state index is 12.3. The van der Waals surface area contributed by atoms with Gasteiger partial charge in [-0.2, -0.15) is 0 Å². The highest BCUT2D eigenvalue weighted by atomic mass is 16.1. The molecule has 0 aromatic rings. The Kier molecular flexibility index (Phi) is 13.9. The third-order valence-electron chi connectivity index (χ3n) is 11.1. The number of unbranched alkanes of at least 4 members (excludes halogenated alkanes) is 6. The molecule has 0 aromatic carbocycles. The molecule has 4 rings (SSSR count). The number of hydrogen-bond acceptors (Lipinski definition) is 3. The number of Topliss-reactive ketones (excluding diaryl/α,β-unsaturated/α-hetero) is 3. The summed E-state index contributed by atoms with van der Waals surface area (Å²) in [5.74, 6) is 2.30. The molecule has 0 saturated heterocycles. The Morgan fingerprint density at radius 2 is 0.725 bits per heavy atom. The Bertz CT molecular complexity index is 685. The van der Waals surface area contributed by atoms with Gasteiger partial charge >= 0.3 is 0 Å². The molecule has 0 atom stereocenters. The van der Waals surface area contributed by atoms with Crippen molar-refractivity contribution in [2.24, 2.45) is 22.2 Å². The molecule has 3 nitrogen and oxygen atoms in total. The molecule has 4 fully saturated rings. The van der Waals surface area contributed by atoms with Gasteiger partial charge in [0.15, 0.2) is 0 Å². The number of hydrogen-bond donors (Lipinski definition) is 0. The van der Waals surface area contributed by atoms with E-state index in [1.165, 1.54) is 77.0 Å². The largest absolute Gasteiger partial charge is 0.300 e. The number of carbonyl (C=O) groups excluding carboxylic acids is 3. The molecule has 0 amide bonds. The van der Waals surface area contributed by atoms with Crippen molar-refractivity contribution in [3.63, 3.8) is 0 Å². The summed E-state index contributed by atoms with van der Waals surface area (Å²) in [7, 11) is 0. The fraction of sp³-hybridized carbons (Fsp3) is 0.919. The lowest BCUT2D eigenvalue weighted by atomic mass is 9.37. The van der Waals surface area contributed by atoms with Crippen LogP contribution in [0.2, 0.25) is 0 Å². The van der Waals surface area contributed by atoms with Gasteiger partial charge in [0, 0.05) is 38.5 Å². The fourth-order valence-corrected chi connectivity index (χ4v) is 9.86. The molecule has 0 heterocycles. The maximum Gasteiger partial charge on any atom is 0.132 e. The highest BCUT2D eigenvalue weighted by Gasteiger charge is 2.61. The fourth-order valence-electron chi connectivity index (χ4n) is 9.86. The first-order valence-corrected chi connectivity index (χ1v) is 17.8. The second-order valence-electron chi connectivity index (χ2n) is 15.1. The van der Waals surface area contributed by atoms with Gasteiger partial charge < -0.3 is 0 Å². The van der Waals surface area contributed by atoms with Gasteiger partial charge in [0.05, 0.1) is 0 Å². The predicted molar refractivity (Wildman–Crippen MR) is 167 cm³/mol. The van der Waals surface area contributed by atoms with Crippen molar-refractivity contribution in [3.05, 3.63) is 0 Å². The van der Waals surface area contributed by atoms with Gasteiger partial charge in [0.25, 0.3) is 0 Å². The Balaban J connectivity index is 1.58. The van der Waals surface area contributed by atoms with Crippen molar-refractivity contribution in [1.82, 2.24) is 0 Å². The molecule has 0 N–H and O–H groups in total. The Morgan fingerprint density at radius 3 is 1.00 bits per heavy atom. The zero-order valence-corrected chi connectivity index (χ0v) is 26.9. The molecule has 4 bridgehead atoms. The predicted octanol–water partition coefficient (Wildman–Crippen LogP) is 10.9. The Hall–Kier alpha value is -0.990. The highest BCUT2D eigenvalue weighted by Crippen LogP contribution is 2.73. The van der Waals surface area contributed by atoms with Crippen molar-refractivity contribution in [2.45, 2.75) is 194 Å². The SMILES string of the molecule is CCCCC(=O)CCCCC12CC3CC(CCCCC(=O)CCCC)(C1)CC(CCCCC(=O)CCCC)(C3)C2. The van der Waals surface area contributed by atoms with Crippen LogP contribution in [0.5, 0.6) is 0 Å². The Morgan fingerprint density at radius 1 is 0.450 bits per heavy atom. The molecule has 0 aromatic heterocycles. The first-order chi connectivity index (χ1) is 19.3. The van der Waals surface area contributed by atoms with Crippen LogP contribution in [0.25, 0.3) is 0 Å². The minimum Gasteiger partial charge on any atom is -0.300 e. The van der Waals surface area contributed by atoms with Crippen LogP contribution in [0.15, 0.2) is 0 Å². The zero-order chi connectivity index (χ0) is 28.9. The summed E-state index contributed by atoms with van der Waals surface area (Å²) >= 11 is 0. The van der Waals surface area contributed by atoms with Gasteiger partial charge in [0.1, 0.15) is 17.3 Å². The smallest absolute Gasteiger partial charge is 0.132 e. The lowest BCUT2D eigenvalue weighted by Crippen LogP contribution is -2.56. The maximum absolute atomic E-state index is 12.3. The molecular weight excluding hydrogens is 492 g/mol. The average Bonchev–Trinajstić information content (AvgIpc) is 2.91. The van der Waals surface area contributed by atoms with Gasteiger partial charge in [-0.1, -0.05) is 59.3 Å². The van der Waals surface area contributed by atoms with E-state index in [0.29, 0.717) is 33.6 Å². The van der Waals surface area contributed by atoms with Crippen LogP contribution in [0, 0.1) is 22.2 Å². The lowest BCUT2D eigenvalue weighted by molar-refractivity contribution is -0.169. The topological polar surface area (TPSA) is 51.2 Å². The zero-order valence-electron chi connectivity index (χ0n) is 26.9. The first kappa shape index (κ1) is 33.5. The molecule has 4 aliphatic rings. The van der Waals surface area contributed by atoms with E-state index in [1.54, 1.807) is 0 Å². The van der Waals surface area contributed by atoms with Gasteiger partial charge in [-0.15, -0.1) is 0 Å². The number of ketones is 3. The van der Waals surface area contributed by atoms with E-state index in [-0.39, 0.29) is 0 Å². The third kappa shape index (κ3) is 10.4. The summed E-state index contributed by atoms with van der Waals surface area (Å²) in [6.45, 7) is 6.50. The van der Waals surface area contributed by atoms with Gasteiger partial charge in [-0.25, -0.2) is 0 Å². The van der Waals surface area contributed by atoms with Crippen LogP contribution < -0.4 is 0 Å². The number of carbonyl (C=O) groups is 3. The van der Waals surface area contributed by atoms with Crippen LogP contribution in [0.3, 0.4) is 0 Å². The third-order valence-corrected chi connectivity index (χ3v) is 11.1. The summed E-state index contributed by atoms with van der Waals surface area (Å²) in [4.78, 5) is 36.9. The van der Waals surface area contributed by atoms with E-state index < -0.39 is 0 Å². The van der Waals surface area contributed by atoms with Crippen LogP contribution in [-0.2, 0) is 14.4 Å². The minimum absolute atomic E-state index is 0.474. The van der Waals surface area contributed by atoms with Crippen LogP contribution in [0.4, 0.5) is 0 Å². The van der Waals surface area contributed by atoms with E-state index >= 15 is 0 Å². The van der Waals surface area contributed by atoms with Gasteiger partial charge in [-0.3, -0.25) is 14.4 Å². The molecule has 0 radical (unpaired) electrons. The molecule has 4 saturated carbocycles. The van der Waals surface area contributed by atoms with Crippen molar-refractivity contribution in [1.29, 1.82) is 0 Å². The summed E-state index contributed by atoms with van der Waals surface area (Å²) in [6, 6.07) is 0. The molecule has 0 unspecified atom stereocenters. The first-order valence-electron chi connectivity index (χ1n) is 17.8. The van der Waals surface area contributed by atoms with Crippen LogP contribution in [0.1, 0.15) is 194 Å². The molecule has 3 heteroatoms. The second-order valence-corrected chi connectivity index (χ2v) is 15.1. The standard InChI is InChI=1S/C37H64O3/c1-4-7-16-32(38)19-10-13-22-35-25-31-26-36(28-35,23-14-11-20-33(39)17-8-5-2)30-37(27-31,29-35)24-15-12-21-34(40)18-9-6-3/h31H,4-30H2,1-3H3. The van der Waals surface area contributed by atoms with E-state index in [1.807, 2.05) is 0 Å². The van der Waals surface area contributed by atoms with Crippen molar-refractivity contribution >= 4 is 17.3 Å². The van der Waals surface area contributed by atoms with E-state index in [2.05, 4.69) is 20.8 Å². The van der Waals surface area contributed by atoms with Crippen molar-refractivity contribution in [2.75, 3.05) is 0 Å². The second kappa shape index (κ2) is 16.6. The highest BCUT2D eigenvalue weighted by molar-refractivity contribution is 5.78. The summed E-state index contributed by atoms with van der Waals surface area (Å²) in [6.07, 6.45) is 30.5. The van der Waals surface area contributed by atoms with Gasteiger partial charge in [-0.05, 0) is 118 Å². The van der Waals surface area contributed by atoms with E-state index in [4.69, 9.17) is 0 Å². The number of rotatable bonds is 24. The quantitative estimate of drug-likeness (QED) is 0.111. The van der Waals surface area contributed by atoms with Crippen molar-refractivity contribution in [3.8, 4) is 0 Å². The minimum atomic E-state index is 0.474. The summed E-state index contributed by atoms with van der Waals surface area (Å²) in [5, 5.41) is 0. The molecular formula is C37H64O3.